The molecule has 0 atom stereocenters. The number of imidazole rings is 1. The second-order valence-electron chi connectivity index (χ2n) is 5.61. The van der Waals surface area contributed by atoms with Crippen LogP contribution in [0.25, 0.3) is 22.4 Å². The van der Waals surface area contributed by atoms with Crippen molar-refractivity contribution in [1.82, 2.24) is 19.5 Å². The number of hydrogen-bond donors (Lipinski definition) is 1. The minimum atomic E-state index is 0.0920. The average molecular weight is 327 g/mol. The van der Waals surface area contributed by atoms with E-state index in [0.717, 1.165) is 22.3 Å². The Kier molecular flexibility index (Phi) is 3.60. The first-order chi connectivity index (χ1) is 12.2. The van der Waals surface area contributed by atoms with E-state index in [1.54, 1.807) is 30.7 Å². The number of fused-ring (bicyclic) bond motifs is 1. The fraction of sp³-hybridized carbons (Fsp3) is 0.0526. The zero-order valence-corrected chi connectivity index (χ0v) is 13.2. The summed E-state index contributed by atoms with van der Waals surface area (Å²) in [5.41, 5.74) is 4.58. The molecule has 0 radical (unpaired) electrons. The van der Waals surface area contributed by atoms with Crippen LogP contribution in [-0.2, 0) is 6.54 Å². The number of rotatable bonds is 3. The minimum Gasteiger partial charge on any atom is -0.506 e. The van der Waals surface area contributed by atoms with Gasteiger partial charge in [-0.15, -0.1) is 0 Å². The van der Waals surface area contributed by atoms with Crippen molar-refractivity contribution in [2.45, 2.75) is 6.54 Å². The van der Waals surface area contributed by atoms with Gasteiger partial charge in [-0.2, -0.15) is 5.26 Å². The Morgan fingerprint density at radius 3 is 2.80 bits per heavy atom. The maximum absolute atomic E-state index is 9.41. The maximum Gasteiger partial charge on any atom is 0.160 e. The summed E-state index contributed by atoms with van der Waals surface area (Å²) in [4.78, 5) is 12.9. The van der Waals surface area contributed by atoms with Crippen molar-refractivity contribution in [3.63, 3.8) is 0 Å². The highest BCUT2D eigenvalue weighted by Crippen LogP contribution is 2.25. The van der Waals surface area contributed by atoms with Crippen LogP contribution in [0.1, 0.15) is 11.1 Å². The van der Waals surface area contributed by atoms with Crippen LogP contribution >= 0.6 is 0 Å². The second-order valence-corrected chi connectivity index (χ2v) is 5.61. The van der Waals surface area contributed by atoms with Crippen molar-refractivity contribution < 1.29 is 5.11 Å². The largest absolute Gasteiger partial charge is 0.506 e. The maximum atomic E-state index is 9.41. The van der Waals surface area contributed by atoms with Gasteiger partial charge >= 0.3 is 0 Å². The van der Waals surface area contributed by atoms with Crippen LogP contribution in [0.15, 0.2) is 61.2 Å². The molecular formula is C19H13N5O. The predicted molar refractivity (Wildman–Crippen MR) is 92.7 cm³/mol. The van der Waals surface area contributed by atoms with Gasteiger partial charge in [-0.25, -0.2) is 9.97 Å². The van der Waals surface area contributed by atoms with Crippen LogP contribution in [0.3, 0.4) is 0 Å². The zero-order valence-electron chi connectivity index (χ0n) is 13.2. The number of hydrogen-bond acceptors (Lipinski definition) is 5. The van der Waals surface area contributed by atoms with Gasteiger partial charge in [-0.05, 0) is 42.0 Å². The van der Waals surface area contributed by atoms with Crippen LogP contribution in [0.2, 0.25) is 0 Å². The Morgan fingerprint density at radius 1 is 1.08 bits per heavy atom. The van der Waals surface area contributed by atoms with Crippen molar-refractivity contribution in [3.05, 3.63) is 72.3 Å². The van der Waals surface area contributed by atoms with Crippen molar-refractivity contribution in [3.8, 4) is 23.1 Å². The lowest BCUT2D eigenvalue weighted by Gasteiger charge is -2.09. The molecule has 120 valence electrons. The van der Waals surface area contributed by atoms with Gasteiger partial charge in [-0.1, -0.05) is 6.07 Å². The lowest BCUT2D eigenvalue weighted by atomic mass is 10.0. The number of pyridine rings is 2. The third-order valence-corrected chi connectivity index (χ3v) is 3.96. The third-order valence-electron chi connectivity index (χ3n) is 3.96. The molecule has 0 unspecified atom stereocenters. The summed E-state index contributed by atoms with van der Waals surface area (Å²) in [6.07, 6.45) is 4.87. The third kappa shape index (κ3) is 2.79. The van der Waals surface area contributed by atoms with Gasteiger partial charge in [0.05, 0.1) is 36.4 Å². The molecule has 4 rings (SSSR count). The summed E-state index contributed by atoms with van der Waals surface area (Å²) < 4.78 is 1.96. The van der Waals surface area contributed by atoms with Crippen molar-refractivity contribution in [1.29, 1.82) is 5.26 Å². The lowest BCUT2D eigenvalue weighted by molar-refractivity contribution is 0.473. The lowest BCUT2D eigenvalue weighted by Crippen LogP contribution is -2.00. The molecule has 0 saturated heterocycles. The standard InChI is InChI=1S/C19H13N5O/c20-9-14-4-3-13(8-16(14)17-6-5-15(25)10-22-17)11-24-12-23-18-2-1-7-21-19(18)24/h1-8,10,12,25H,11H2. The molecule has 1 aromatic carbocycles. The molecule has 0 bridgehead atoms. The molecule has 1 N–H and O–H groups in total. The van der Waals surface area contributed by atoms with Crippen LogP contribution in [-0.4, -0.2) is 24.6 Å². The molecule has 3 aromatic heterocycles. The van der Waals surface area contributed by atoms with Gasteiger partial charge in [0.2, 0.25) is 0 Å². The second kappa shape index (κ2) is 6.06. The van der Waals surface area contributed by atoms with Crippen LogP contribution in [0.5, 0.6) is 5.75 Å². The molecule has 6 heteroatoms. The summed E-state index contributed by atoms with van der Waals surface area (Å²) >= 11 is 0. The molecule has 3 heterocycles. The smallest absolute Gasteiger partial charge is 0.160 e. The van der Waals surface area contributed by atoms with Gasteiger partial charge in [-0.3, -0.25) is 4.98 Å². The molecule has 0 aliphatic carbocycles. The normalized spacial score (nSPS) is 10.7. The van der Waals surface area contributed by atoms with E-state index >= 15 is 0 Å². The van der Waals surface area contributed by atoms with Crippen molar-refractivity contribution >= 4 is 11.2 Å². The summed E-state index contributed by atoms with van der Waals surface area (Å²) in [6, 6.07) is 14.9. The van der Waals surface area contributed by atoms with E-state index in [1.807, 2.05) is 28.8 Å². The van der Waals surface area contributed by atoms with Crippen LogP contribution < -0.4 is 0 Å². The van der Waals surface area contributed by atoms with Crippen LogP contribution in [0, 0.1) is 11.3 Å². The monoisotopic (exact) mass is 327 g/mol. The van der Waals surface area contributed by atoms with E-state index in [9.17, 15) is 10.4 Å². The van der Waals surface area contributed by atoms with E-state index in [0.29, 0.717) is 17.8 Å². The van der Waals surface area contributed by atoms with E-state index in [-0.39, 0.29) is 5.75 Å². The predicted octanol–water partition coefficient (Wildman–Crippen LogP) is 3.12. The molecule has 0 spiro atoms. The molecule has 0 saturated carbocycles. The SMILES string of the molecule is N#Cc1ccc(Cn2cnc3cccnc32)cc1-c1ccc(O)cn1. The van der Waals surface area contributed by atoms with Gasteiger partial charge in [0.25, 0.3) is 0 Å². The molecule has 0 aliphatic heterocycles. The van der Waals surface area contributed by atoms with Crippen LogP contribution in [0.4, 0.5) is 0 Å². The first-order valence-corrected chi connectivity index (χ1v) is 7.69. The fourth-order valence-corrected chi connectivity index (χ4v) is 2.75. The summed E-state index contributed by atoms with van der Waals surface area (Å²) in [5.74, 6) is 0.0920. The number of benzene rings is 1. The number of aromatic hydroxyl groups is 1. The molecule has 0 amide bonds. The highest BCUT2D eigenvalue weighted by atomic mass is 16.3. The fourth-order valence-electron chi connectivity index (χ4n) is 2.75. The minimum absolute atomic E-state index is 0.0920. The first-order valence-electron chi connectivity index (χ1n) is 7.69. The quantitative estimate of drug-likeness (QED) is 0.624. The number of nitriles is 1. The van der Waals surface area contributed by atoms with E-state index in [2.05, 4.69) is 21.0 Å². The van der Waals surface area contributed by atoms with Crippen molar-refractivity contribution in [2.75, 3.05) is 0 Å². The summed E-state index contributed by atoms with van der Waals surface area (Å²) in [7, 11) is 0. The van der Waals surface area contributed by atoms with Gasteiger partial charge in [0.1, 0.15) is 11.3 Å². The Hall–Kier alpha value is -3.72. The highest BCUT2D eigenvalue weighted by molar-refractivity contribution is 5.71. The van der Waals surface area contributed by atoms with E-state index in [1.165, 1.54) is 6.20 Å². The molecule has 0 fully saturated rings. The molecular weight excluding hydrogens is 314 g/mol. The van der Waals surface area contributed by atoms with Crippen molar-refractivity contribution in [2.24, 2.45) is 0 Å². The molecule has 4 aromatic rings. The highest BCUT2D eigenvalue weighted by Gasteiger charge is 2.10. The van der Waals surface area contributed by atoms with Gasteiger partial charge in [0, 0.05) is 11.8 Å². The molecule has 0 aliphatic rings. The zero-order chi connectivity index (χ0) is 17.2. The summed E-state index contributed by atoms with van der Waals surface area (Å²) in [6.45, 7) is 0.588. The Bertz CT molecular complexity index is 1090. The van der Waals surface area contributed by atoms with Gasteiger partial charge < -0.3 is 9.67 Å². The first kappa shape index (κ1) is 14.8. The molecule has 25 heavy (non-hydrogen) atoms. The topological polar surface area (TPSA) is 87.6 Å². The van der Waals surface area contributed by atoms with Gasteiger partial charge in [0.15, 0.2) is 5.65 Å². The van der Waals surface area contributed by atoms with E-state index < -0.39 is 0 Å². The Balaban J connectivity index is 1.75. The number of aromatic nitrogens is 4. The average Bonchev–Trinajstić information content (AvgIpc) is 3.05. The Morgan fingerprint density at radius 2 is 2.00 bits per heavy atom. The Labute approximate surface area is 143 Å². The van der Waals surface area contributed by atoms with E-state index in [4.69, 9.17) is 0 Å². The number of nitrogens with zero attached hydrogens (tertiary/aromatic N) is 5. The summed E-state index contributed by atoms with van der Waals surface area (Å²) in [5, 5.41) is 18.8. The molecule has 6 nitrogen and oxygen atoms in total.